The Bertz CT molecular complexity index is 1190. The van der Waals surface area contributed by atoms with Crippen molar-refractivity contribution in [2.75, 3.05) is 12.4 Å². The van der Waals surface area contributed by atoms with Gasteiger partial charge in [0.1, 0.15) is 17.2 Å². The van der Waals surface area contributed by atoms with Gasteiger partial charge >= 0.3 is 0 Å². The molecule has 0 spiro atoms. The average Bonchev–Trinajstić information content (AvgIpc) is 3.26. The van der Waals surface area contributed by atoms with E-state index in [1.54, 1.807) is 32.0 Å². The van der Waals surface area contributed by atoms with Crippen LogP contribution in [0, 0.1) is 27.7 Å². The summed E-state index contributed by atoms with van der Waals surface area (Å²) in [6, 6.07) is 7.10. The molecule has 1 amide bonds. The van der Waals surface area contributed by atoms with E-state index in [2.05, 4.69) is 10.4 Å². The number of hydrogen-bond acceptors (Lipinski definition) is 5. The maximum atomic E-state index is 13.1. The number of carbonyl (C=O) groups is 1. The summed E-state index contributed by atoms with van der Waals surface area (Å²) in [5.74, 6) is 0.172. The Balaban J connectivity index is 1.82. The van der Waals surface area contributed by atoms with Crippen molar-refractivity contribution in [3.63, 3.8) is 0 Å². The van der Waals surface area contributed by atoms with Gasteiger partial charge in [-0.3, -0.25) is 9.48 Å². The number of benzene rings is 1. The fourth-order valence-electron chi connectivity index (χ4n) is 3.46. The number of nitrogens with zero attached hydrogens (tertiary/aromatic N) is 3. The van der Waals surface area contributed by atoms with Crippen molar-refractivity contribution in [3.05, 3.63) is 63.8 Å². The zero-order valence-corrected chi connectivity index (χ0v) is 19.6. The molecule has 3 rings (SSSR count). The van der Waals surface area contributed by atoms with Gasteiger partial charge in [-0.25, -0.2) is 8.42 Å². The van der Waals surface area contributed by atoms with Crippen molar-refractivity contribution in [2.45, 2.75) is 45.7 Å². The Morgan fingerprint density at radius 3 is 2.58 bits per heavy atom. The minimum Gasteiger partial charge on any atom is -0.468 e. The summed E-state index contributed by atoms with van der Waals surface area (Å²) in [6.45, 7) is 6.96. The molecule has 1 aromatic carbocycles. The SMILES string of the molecule is Cc1cc(C)c(NC(=O)Cn2nc(C)c(S(=O)(=O)N(C)Cc3ccco3)c2C)c(Cl)c1. The predicted molar refractivity (Wildman–Crippen MR) is 119 cm³/mol. The number of hydrogen-bond donors (Lipinski definition) is 1. The summed E-state index contributed by atoms with van der Waals surface area (Å²) in [6.07, 6.45) is 1.49. The molecule has 0 bridgehead atoms. The van der Waals surface area contributed by atoms with Crippen LogP contribution in [0.3, 0.4) is 0 Å². The molecule has 2 heterocycles. The van der Waals surface area contributed by atoms with Crippen LogP contribution in [0.15, 0.2) is 39.8 Å². The molecule has 31 heavy (non-hydrogen) atoms. The lowest BCUT2D eigenvalue weighted by Crippen LogP contribution is -2.27. The van der Waals surface area contributed by atoms with E-state index in [4.69, 9.17) is 16.0 Å². The third-order valence-electron chi connectivity index (χ3n) is 4.93. The molecule has 1 N–H and O–H groups in total. The first-order chi connectivity index (χ1) is 14.5. The summed E-state index contributed by atoms with van der Waals surface area (Å²) in [7, 11) is -2.36. The molecule has 8 nitrogen and oxygen atoms in total. The van der Waals surface area contributed by atoms with Crippen molar-refractivity contribution in [2.24, 2.45) is 0 Å². The number of halogens is 1. The van der Waals surface area contributed by atoms with Crippen LogP contribution in [0.1, 0.15) is 28.3 Å². The van der Waals surface area contributed by atoms with E-state index < -0.39 is 10.0 Å². The van der Waals surface area contributed by atoms with Gasteiger partial charge in [0.15, 0.2) is 0 Å². The van der Waals surface area contributed by atoms with Gasteiger partial charge in [-0.2, -0.15) is 9.40 Å². The fraction of sp³-hybridized carbons (Fsp3) is 0.333. The Kier molecular flexibility index (Phi) is 6.59. The van der Waals surface area contributed by atoms with Crippen molar-refractivity contribution in [3.8, 4) is 0 Å². The van der Waals surface area contributed by atoms with Gasteiger partial charge in [-0.15, -0.1) is 0 Å². The Morgan fingerprint density at radius 2 is 1.97 bits per heavy atom. The van der Waals surface area contributed by atoms with Crippen LogP contribution in [0.5, 0.6) is 0 Å². The Morgan fingerprint density at radius 1 is 1.26 bits per heavy atom. The van der Waals surface area contributed by atoms with Gasteiger partial charge in [0.2, 0.25) is 15.9 Å². The number of aromatic nitrogens is 2. The van der Waals surface area contributed by atoms with Crippen LogP contribution < -0.4 is 5.32 Å². The van der Waals surface area contributed by atoms with E-state index >= 15 is 0 Å². The summed E-state index contributed by atoms with van der Waals surface area (Å²) < 4.78 is 34.1. The van der Waals surface area contributed by atoms with Crippen LogP contribution in [0.25, 0.3) is 0 Å². The first kappa shape index (κ1) is 23.1. The van der Waals surface area contributed by atoms with Crippen molar-refractivity contribution in [1.82, 2.24) is 14.1 Å². The maximum Gasteiger partial charge on any atom is 0.246 e. The third kappa shape index (κ3) is 4.84. The third-order valence-corrected chi connectivity index (χ3v) is 7.29. The quantitative estimate of drug-likeness (QED) is 0.573. The molecule has 0 fully saturated rings. The highest BCUT2D eigenvalue weighted by Gasteiger charge is 2.29. The number of amides is 1. The fourth-order valence-corrected chi connectivity index (χ4v) is 5.33. The van der Waals surface area contributed by atoms with E-state index in [9.17, 15) is 13.2 Å². The topological polar surface area (TPSA) is 97.4 Å². The van der Waals surface area contributed by atoms with Gasteiger partial charge in [0.25, 0.3) is 0 Å². The standard InChI is InChI=1S/C21H25ClN4O4S/c1-13-9-14(2)20(18(22)10-13)23-19(27)12-26-16(4)21(15(3)24-26)31(28,29)25(5)11-17-7-6-8-30-17/h6-10H,11-12H2,1-5H3,(H,23,27). The first-order valence-corrected chi connectivity index (χ1v) is 11.4. The monoisotopic (exact) mass is 464 g/mol. The van der Waals surface area contributed by atoms with E-state index in [-0.39, 0.29) is 23.9 Å². The largest absolute Gasteiger partial charge is 0.468 e. The summed E-state index contributed by atoms with van der Waals surface area (Å²) in [4.78, 5) is 12.7. The molecule has 3 aromatic rings. The smallest absolute Gasteiger partial charge is 0.246 e. The molecule has 10 heteroatoms. The van der Waals surface area contributed by atoms with Gasteiger partial charge in [0.05, 0.1) is 34.9 Å². The second-order valence-corrected chi connectivity index (χ2v) is 9.87. The van der Waals surface area contributed by atoms with Crippen LogP contribution in [-0.2, 0) is 27.9 Å². The molecule has 0 aliphatic rings. The van der Waals surface area contributed by atoms with Crippen LogP contribution >= 0.6 is 11.6 Å². The highest BCUT2D eigenvalue weighted by Crippen LogP contribution is 2.28. The van der Waals surface area contributed by atoms with Crippen molar-refractivity contribution < 1.29 is 17.6 Å². The van der Waals surface area contributed by atoms with Gasteiger partial charge in [-0.1, -0.05) is 17.7 Å². The van der Waals surface area contributed by atoms with E-state index in [0.29, 0.717) is 27.9 Å². The number of anilines is 1. The highest BCUT2D eigenvalue weighted by molar-refractivity contribution is 7.89. The zero-order chi connectivity index (χ0) is 22.9. The summed E-state index contributed by atoms with van der Waals surface area (Å²) in [5.41, 5.74) is 3.07. The normalized spacial score (nSPS) is 11.8. The number of furan rings is 1. The van der Waals surface area contributed by atoms with Crippen molar-refractivity contribution >= 4 is 33.2 Å². The molecule has 0 aliphatic carbocycles. The number of nitrogens with one attached hydrogen (secondary N) is 1. The van der Waals surface area contributed by atoms with E-state index in [1.165, 1.54) is 22.3 Å². The second-order valence-electron chi connectivity index (χ2n) is 7.48. The zero-order valence-electron chi connectivity index (χ0n) is 18.1. The van der Waals surface area contributed by atoms with Crippen LogP contribution in [-0.4, -0.2) is 35.5 Å². The molecular formula is C21H25ClN4O4S. The Hall–Kier alpha value is -2.62. The molecule has 0 radical (unpaired) electrons. The summed E-state index contributed by atoms with van der Waals surface area (Å²) >= 11 is 6.27. The molecule has 0 saturated carbocycles. The molecule has 0 atom stereocenters. The van der Waals surface area contributed by atoms with Gasteiger partial charge in [-0.05, 0) is 57.0 Å². The molecular weight excluding hydrogens is 440 g/mol. The molecule has 0 aliphatic heterocycles. The molecule has 2 aromatic heterocycles. The van der Waals surface area contributed by atoms with Gasteiger partial charge < -0.3 is 9.73 Å². The Labute approximate surface area is 186 Å². The average molecular weight is 465 g/mol. The summed E-state index contributed by atoms with van der Waals surface area (Å²) in [5, 5.41) is 7.53. The number of rotatable bonds is 7. The minimum absolute atomic E-state index is 0.0823. The van der Waals surface area contributed by atoms with Crippen LogP contribution in [0.2, 0.25) is 5.02 Å². The molecule has 0 unspecified atom stereocenters. The number of sulfonamides is 1. The second kappa shape index (κ2) is 8.86. The van der Waals surface area contributed by atoms with Crippen molar-refractivity contribution in [1.29, 1.82) is 0 Å². The first-order valence-electron chi connectivity index (χ1n) is 9.60. The molecule has 166 valence electrons. The highest BCUT2D eigenvalue weighted by atomic mass is 35.5. The number of aryl methyl sites for hydroxylation is 3. The van der Waals surface area contributed by atoms with Crippen LogP contribution in [0.4, 0.5) is 5.69 Å². The molecule has 0 saturated heterocycles. The van der Waals surface area contributed by atoms with E-state index in [0.717, 1.165) is 11.1 Å². The predicted octanol–water partition coefficient (Wildman–Crippen LogP) is 3.82. The van der Waals surface area contributed by atoms with Gasteiger partial charge in [0, 0.05) is 7.05 Å². The number of carbonyl (C=O) groups excluding carboxylic acids is 1. The minimum atomic E-state index is -3.83. The lowest BCUT2D eigenvalue weighted by atomic mass is 10.1. The van der Waals surface area contributed by atoms with E-state index in [1.807, 2.05) is 19.9 Å². The lowest BCUT2D eigenvalue weighted by Gasteiger charge is -2.16. The lowest BCUT2D eigenvalue weighted by molar-refractivity contribution is -0.116. The maximum absolute atomic E-state index is 13.1.